The summed E-state index contributed by atoms with van der Waals surface area (Å²) in [6.45, 7) is 0. The minimum atomic E-state index is -4.35. The number of alkyl halides is 2. The first-order valence-corrected chi connectivity index (χ1v) is 6.82. The molecule has 0 aliphatic heterocycles. The van der Waals surface area contributed by atoms with E-state index in [4.69, 9.17) is 10.7 Å². The fourth-order valence-corrected chi connectivity index (χ4v) is 2.38. The molecule has 0 spiro atoms. The van der Waals surface area contributed by atoms with E-state index < -0.39 is 41.3 Å². The maximum atomic E-state index is 12.5. The van der Waals surface area contributed by atoms with Gasteiger partial charge in [0.05, 0.1) is 4.92 Å². The normalized spacial score (nSPS) is 11.8. The molecule has 0 N–H and O–H groups in total. The van der Waals surface area contributed by atoms with Crippen LogP contribution in [0, 0.1) is 10.1 Å². The number of aromatic nitrogens is 1. The summed E-state index contributed by atoms with van der Waals surface area (Å²) in [5.74, 6) is 0. The van der Waals surface area contributed by atoms with Crippen molar-refractivity contribution in [1.82, 2.24) is 4.98 Å². The third-order valence-corrected chi connectivity index (χ3v) is 3.38. The van der Waals surface area contributed by atoms with Gasteiger partial charge in [0.25, 0.3) is 15.5 Å². The molecule has 1 aromatic rings. The van der Waals surface area contributed by atoms with Gasteiger partial charge in [0.2, 0.25) is 0 Å². The number of halogens is 4. The highest BCUT2D eigenvalue weighted by Crippen LogP contribution is 2.35. The van der Waals surface area contributed by atoms with Crippen LogP contribution < -0.4 is 0 Å². The summed E-state index contributed by atoms with van der Waals surface area (Å²) in [7, 11) is 0.565. The standard InChI is InChI=1S/C6H2BrClF2N2O4S/c7-2-1-3(17(8,15)16)11-4(6(9)10)5(2)12(13)14/h1,6H. The van der Waals surface area contributed by atoms with E-state index in [0.717, 1.165) is 0 Å². The zero-order valence-electron chi connectivity index (χ0n) is 7.60. The fraction of sp³-hybridized carbons (Fsp3) is 0.167. The SMILES string of the molecule is O=[N+]([O-])c1c(Br)cc(S(=O)(=O)Cl)nc1C(F)F. The number of nitro groups is 1. The monoisotopic (exact) mass is 350 g/mol. The van der Waals surface area contributed by atoms with Crippen molar-refractivity contribution in [2.24, 2.45) is 0 Å². The van der Waals surface area contributed by atoms with Gasteiger partial charge in [0.1, 0.15) is 4.47 Å². The lowest BCUT2D eigenvalue weighted by atomic mass is 10.3. The summed E-state index contributed by atoms with van der Waals surface area (Å²) in [5.41, 5.74) is -2.26. The second-order valence-corrected chi connectivity index (χ2v) is 6.04. The van der Waals surface area contributed by atoms with Crippen molar-refractivity contribution in [1.29, 1.82) is 0 Å². The Kier molecular flexibility index (Phi) is 3.99. The highest BCUT2D eigenvalue weighted by atomic mass is 79.9. The molecule has 11 heteroatoms. The van der Waals surface area contributed by atoms with Crippen molar-refractivity contribution < 1.29 is 22.1 Å². The molecule has 0 saturated heterocycles. The van der Waals surface area contributed by atoms with Crippen molar-refractivity contribution >= 4 is 41.4 Å². The fourth-order valence-electron chi connectivity index (χ4n) is 0.961. The Morgan fingerprint density at radius 1 is 1.53 bits per heavy atom. The highest BCUT2D eigenvalue weighted by Gasteiger charge is 2.30. The maximum Gasteiger partial charge on any atom is 0.310 e. The summed E-state index contributed by atoms with van der Waals surface area (Å²) in [4.78, 5) is 12.4. The molecule has 0 aromatic carbocycles. The van der Waals surface area contributed by atoms with Gasteiger partial charge in [-0.05, 0) is 22.0 Å². The molecule has 0 atom stereocenters. The number of hydrogen-bond donors (Lipinski definition) is 0. The number of pyridine rings is 1. The lowest BCUT2D eigenvalue weighted by Gasteiger charge is -2.04. The van der Waals surface area contributed by atoms with Crippen LogP contribution in [0.15, 0.2) is 15.6 Å². The molecule has 0 bridgehead atoms. The molecule has 0 radical (unpaired) electrons. The van der Waals surface area contributed by atoms with E-state index in [1.807, 2.05) is 0 Å². The van der Waals surface area contributed by atoms with Crippen molar-refractivity contribution in [2.75, 3.05) is 0 Å². The van der Waals surface area contributed by atoms with Gasteiger partial charge in [-0.2, -0.15) is 0 Å². The van der Waals surface area contributed by atoms with Crippen LogP contribution in [0.5, 0.6) is 0 Å². The largest absolute Gasteiger partial charge is 0.310 e. The maximum absolute atomic E-state index is 12.5. The third kappa shape index (κ3) is 3.07. The first-order chi connectivity index (χ1) is 7.64. The first kappa shape index (κ1) is 14.2. The number of nitrogens with zero attached hydrogens (tertiary/aromatic N) is 2. The molecule has 0 fully saturated rings. The van der Waals surface area contributed by atoms with Crippen molar-refractivity contribution in [3.8, 4) is 0 Å². The molecular weight excluding hydrogens is 349 g/mol. The molecule has 1 heterocycles. The zero-order chi connectivity index (χ0) is 13.4. The smallest absolute Gasteiger partial charge is 0.258 e. The third-order valence-electron chi connectivity index (χ3n) is 1.59. The van der Waals surface area contributed by atoms with E-state index in [1.54, 1.807) is 0 Å². The molecule has 1 aromatic heterocycles. The molecule has 17 heavy (non-hydrogen) atoms. The van der Waals surface area contributed by atoms with Gasteiger partial charge in [-0.15, -0.1) is 0 Å². The minimum absolute atomic E-state index is 0.438. The van der Waals surface area contributed by atoms with E-state index in [1.165, 1.54) is 0 Å². The van der Waals surface area contributed by atoms with Crippen LogP contribution in [0.2, 0.25) is 0 Å². The Morgan fingerprint density at radius 3 is 2.41 bits per heavy atom. The van der Waals surface area contributed by atoms with Gasteiger partial charge in [-0.3, -0.25) is 10.1 Å². The first-order valence-electron chi connectivity index (χ1n) is 3.72. The van der Waals surface area contributed by atoms with E-state index in [2.05, 4.69) is 20.9 Å². The van der Waals surface area contributed by atoms with Gasteiger partial charge in [0.15, 0.2) is 10.7 Å². The van der Waals surface area contributed by atoms with E-state index in [9.17, 15) is 27.3 Å². The second kappa shape index (κ2) is 4.78. The van der Waals surface area contributed by atoms with Gasteiger partial charge in [-0.25, -0.2) is 22.2 Å². The van der Waals surface area contributed by atoms with Crippen molar-refractivity contribution in [3.05, 3.63) is 26.3 Å². The Bertz CT molecular complexity index is 580. The Morgan fingerprint density at radius 2 is 2.06 bits per heavy atom. The van der Waals surface area contributed by atoms with Crippen LogP contribution >= 0.6 is 26.6 Å². The number of rotatable bonds is 3. The average Bonchev–Trinajstić information content (AvgIpc) is 2.13. The molecular formula is C6H2BrClF2N2O4S. The van der Waals surface area contributed by atoms with Crippen LogP contribution in [-0.4, -0.2) is 18.3 Å². The van der Waals surface area contributed by atoms with Gasteiger partial charge in [0, 0.05) is 10.7 Å². The topological polar surface area (TPSA) is 90.2 Å². The second-order valence-electron chi connectivity index (χ2n) is 2.67. The van der Waals surface area contributed by atoms with Crippen molar-refractivity contribution in [2.45, 2.75) is 11.5 Å². The van der Waals surface area contributed by atoms with Crippen LogP contribution in [0.4, 0.5) is 14.5 Å². The zero-order valence-corrected chi connectivity index (χ0v) is 10.8. The predicted molar refractivity (Wildman–Crippen MR) is 56.6 cm³/mol. The molecule has 6 nitrogen and oxygen atoms in total. The van der Waals surface area contributed by atoms with Crippen LogP contribution in [0.25, 0.3) is 0 Å². The van der Waals surface area contributed by atoms with Crippen LogP contribution in [0.3, 0.4) is 0 Å². The van der Waals surface area contributed by atoms with Gasteiger partial charge >= 0.3 is 5.69 Å². The molecule has 94 valence electrons. The highest BCUT2D eigenvalue weighted by molar-refractivity contribution is 9.10. The van der Waals surface area contributed by atoms with Gasteiger partial charge in [-0.1, -0.05) is 0 Å². The van der Waals surface area contributed by atoms with E-state index in [-0.39, 0.29) is 0 Å². The molecule has 0 saturated carbocycles. The van der Waals surface area contributed by atoms with Crippen LogP contribution in [-0.2, 0) is 9.05 Å². The van der Waals surface area contributed by atoms with E-state index in [0.29, 0.717) is 6.07 Å². The summed E-state index contributed by atoms with van der Waals surface area (Å²) in [6, 6.07) is 0.687. The van der Waals surface area contributed by atoms with Crippen molar-refractivity contribution in [3.63, 3.8) is 0 Å². The van der Waals surface area contributed by atoms with E-state index >= 15 is 0 Å². The predicted octanol–water partition coefficient (Wildman–Crippen LogP) is 2.62. The number of hydrogen-bond acceptors (Lipinski definition) is 5. The Balaban J connectivity index is 3.64. The quantitative estimate of drug-likeness (QED) is 0.474. The molecule has 0 unspecified atom stereocenters. The summed E-state index contributed by atoms with van der Waals surface area (Å²) in [5, 5.41) is 9.65. The summed E-state index contributed by atoms with van der Waals surface area (Å²) in [6.07, 6.45) is -3.30. The molecule has 0 aliphatic carbocycles. The lowest BCUT2D eigenvalue weighted by Crippen LogP contribution is -2.05. The molecule has 0 aliphatic rings. The Hall–Kier alpha value is -0.870. The Labute approximate surface area is 106 Å². The summed E-state index contributed by atoms with van der Waals surface area (Å²) >= 11 is 2.62. The molecule has 0 amide bonds. The molecule has 1 rings (SSSR count). The average molecular weight is 352 g/mol. The van der Waals surface area contributed by atoms with Gasteiger partial charge < -0.3 is 0 Å². The lowest BCUT2D eigenvalue weighted by molar-refractivity contribution is -0.387. The minimum Gasteiger partial charge on any atom is -0.258 e. The van der Waals surface area contributed by atoms with Crippen LogP contribution in [0.1, 0.15) is 12.1 Å². The summed E-state index contributed by atoms with van der Waals surface area (Å²) < 4.78 is 46.4.